The molecule has 0 radical (unpaired) electrons. The fourth-order valence-electron chi connectivity index (χ4n) is 2.70. The summed E-state index contributed by atoms with van der Waals surface area (Å²) in [6, 6.07) is 13.1. The van der Waals surface area contributed by atoms with Crippen molar-refractivity contribution in [2.24, 2.45) is 0 Å². The minimum absolute atomic E-state index is 0.172. The normalized spacial score (nSPS) is 26.7. The predicted molar refractivity (Wildman–Crippen MR) is 77.7 cm³/mol. The largest absolute Gasteiger partial charge is 0.489 e. The molecule has 0 spiro atoms. The van der Waals surface area contributed by atoms with Crippen LogP contribution in [-0.4, -0.2) is 19.4 Å². The average molecular weight is 307 g/mol. The second-order valence-corrected chi connectivity index (χ2v) is 5.34. The molecule has 3 rings (SSSR count). The molecule has 2 aromatic rings. The Kier molecular flexibility index (Phi) is 3.83. The summed E-state index contributed by atoms with van der Waals surface area (Å²) in [5.41, 5.74) is -0.430. The molecular weight excluding hydrogens is 291 g/mol. The SMILES string of the molecule is CNC1(c2cc(F)ccc2OCc2ccccc2)C(F)C1F. The number of nitrogens with one attached hydrogen (secondary N) is 1. The van der Waals surface area contributed by atoms with E-state index in [0.717, 1.165) is 11.6 Å². The van der Waals surface area contributed by atoms with Gasteiger partial charge in [0.25, 0.3) is 0 Å². The molecule has 2 aromatic carbocycles. The summed E-state index contributed by atoms with van der Waals surface area (Å²) in [5.74, 6) is -0.273. The Bertz CT molecular complexity index is 654. The molecule has 0 amide bonds. The number of benzene rings is 2. The number of hydrogen-bond donors (Lipinski definition) is 1. The van der Waals surface area contributed by atoms with E-state index in [2.05, 4.69) is 5.32 Å². The third-order valence-electron chi connectivity index (χ3n) is 4.06. The van der Waals surface area contributed by atoms with Crippen molar-refractivity contribution in [2.75, 3.05) is 7.05 Å². The number of ether oxygens (including phenoxy) is 1. The summed E-state index contributed by atoms with van der Waals surface area (Å²) < 4.78 is 46.7. The lowest BCUT2D eigenvalue weighted by atomic mass is 10.0. The van der Waals surface area contributed by atoms with Crippen molar-refractivity contribution in [1.82, 2.24) is 5.32 Å². The first-order chi connectivity index (χ1) is 10.6. The summed E-state index contributed by atoms with van der Waals surface area (Å²) in [7, 11) is 1.46. The van der Waals surface area contributed by atoms with E-state index >= 15 is 0 Å². The standard InChI is InChI=1S/C17H16F3NO/c1-21-17(15(19)16(17)20)13-9-12(18)7-8-14(13)22-10-11-5-3-2-4-6-11/h2-9,15-16,21H,10H2,1H3. The van der Waals surface area contributed by atoms with Gasteiger partial charge in [-0.05, 0) is 30.8 Å². The zero-order valence-electron chi connectivity index (χ0n) is 12.0. The van der Waals surface area contributed by atoms with Gasteiger partial charge in [0.15, 0.2) is 12.3 Å². The van der Waals surface area contributed by atoms with E-state index in [1.54, 1.807) is 0 Å². The van der Waals surface area contributed by atoms with Gasteiger partial charge >= 0.3 is 0 Å². The lowest BCUT2D eigenvalue weighted by Gasteiger charge is -2.19. The van der Waals surface area contributed by atoms with Crippen LogP contribution in [0.15, 0.2) is 48.5 Å². The molecule has 2 nitrogen and oxygen atoms in total. The van der Waals surface area contributed by atoms with Gasteiger partial charge in [0, 0.05) is 5.56 Å². The van der Waals surface area contributed by atoms with E-state index in [9.17, 15) is 13.2 Å². The van der Waals surface area contributed by atoms with Crippen molar-refractivity contribution in [2.45, 2.75) is 24.5 Å². The van der Waals surface area contributed by atoms with E-state index in [0.29, 0.717) is 0 Å². The first-order valence-electron chi connectivity index (χ1n) is 7.03. The van der Waals surface area contributed by atoms with E-state index in [4.69, 9.17) is 4.74 Å². The van der Waals surface area contributed by atoms with Crippen LogP contribution in [0.1, 0.15) is 11.1 Å². The van der Waals surface area contributed by atoms with Gasteiger partial charge in [-0.1, -0.05) is 30.3 Å². The van der Waals surface area contributed by atoms with Crippen LogP contribution in [0.25, 0.3) is 0 Å². The molecule has 2 unspecified atom stereocenters. The smallest absolute Gasteiger partial charge is 0.159 e. The molecule has 0 heterocycles. The van der Waals surface area contributed by atoms with Crippen molar-refractivity contribution in [1.29, 1.82) is 0 Å². The van der Waals surface area contributed by atoms with Crippen molar-refractivity contribution >= 4 is 0 Å². The third kappa shape index (κ3) is 2.35. The molecule has 1 saturated carbocycles. The molecule has 22 heavy (non-hydrogen) atoms. The molecule has 1 aliphatic rings. The Labute approximate surface area is 126 Å². The quantitative estimate of drug-likeness (QED) is 0.913. The average Bonchev–Trinajstić information content (AvgIpc) is 3.08. The van der Waals surface area contributed by atoms with Crippen LogP contribution in [0.3, 0.4) is 0 Å². The number of alkyl halides is 2. The highest BCUT2D eigenvalue weighted by Crippen LogP contribution is 2.53. The summed E-state index contributed by atoms with van der Waals surface area (Å²) in [4.78, 5) is 0. The number of rotatable bonds is 5. The Balaban J connectivity index is 1.89. The molecule has 1 N–H and O–H groups in total. The minimum Gasteiger partial charge on any atom is -0.489 e. The maximum Gasteiger partial charge on any atom is 0.159 e. The summed E-state index contributed by atoms with van der Waals surface area (Å²) in [6.45, 7) is 0.243. The van der Waals surface area contributed by atoms with Crippen LogP contribution in [-0.2, 0) is 12.1 Å². The highest BCUT2D eigenvalue weighted by Gasteiger charge is 2.69. The zero-order valence-corrected chi connectivity index (χ0v) is 12.0. The summed E-state index contributed by atoms with van der Waals surface area (Å²) in [5, 5.41) is 2.64. The molecule has 0 saturated heterocycles. The molecule has 1 fully saturated rings. The van der Waals surface area contributed by atoms with Crippen molar-refractivity contribution < 1.29 is 17.9 Å². The Morgan fingerprint density at radius 1 is 1.09 bits per heavy atom. The highest BCUT2D eigenvalue weighted by molar-refractivity contribution is 5.48. The van der Waals surface area contributed by atoms with E-state index in [-0.39, 0.29) is 17.9 Å². The van der Waals surface area contributed by atoms with Gasteiger partial charge in [0.1, 0.15) is 23.7 Å². The first-order valence-corrected chi connectivity index (χ1v) is 7.03. The first kappa shape index (κ1) is 14.9. The topological polar surface area (TPSA) is 21.3 Å². The van der Waals surface area contributed by atoms with Gasteiger partial charge in [0.05, 0.1) is 0 Å². The molecule has 2 atom stereocenters. The zero-order chi connectivity index (χ0) is 15.7. The van der Waals surface area contributed by atoms with Gasteiger partial charge in [0.2, 0.25) is 0 Å². The van der Waals surface area contributed by atoms with Crippen LogP contribution >= 0.6 is 0 Å². The number of hydrogen-bond acceptors (Lipinski definition) is 2. The van der Waals surface area contributed by atoms with Gasteiger partial charge in [-0.15, -0.1) is 0 Å². The molecule has 1 aliphatic carbocycles. The molecule has 0 bridgehead atoms. The lowest BCUT2D eigenvalue weighted by Crippen LogP contribution is -2.30. The van der Waals surface area contributed by atoms with E-state index in [1.165, 1.54) is 19.2 Å². The lowest BCUT2D eigenvalue weighted by molar-refractivity contribution is 0.291. The summed E-state index contributed by atoms with van der Waals surface area (Å²) in [6.07, 6.45) is -3.42. The van der Waals surface area contributed by atoms with Crippen molar-refractivity contribution in [3.8, 4) is 5.75 Å². The molecule has 116 valence electrons. The molecular formula is C17H16F3NO. The van der Waals surface area contributed by atoms with Gasteiger partial charge < -0.3 is 10.1 Å². The molecule has 0 aromatic heterocycles. The van der Waals surface area contributed by atoms with Crippen LogP contribution < -0.4 is 10.1 Å². The van der Waals surface area contributed by atoms with Crippen LogP contribution in [0, 0.1) is 5.82 Å². The maximum atomic E-state index is 13.8. The predicted octanol–water partition coefficient (Wildman–Crippen LogP) is 3.51. The molecule has 0 aliphatic heterocycles. The monoisotopic (exact) mass is 307 g/mol. The van der Waals surface area contributed by atoms with E-state index in [1.807, 2.05) is 30.3 Å². The fourth-order valence-corrected chi connectivity index (χ4v) is 2.70. The van der Waals surface area contributed by atoms with Crippen LogP contribution in [0.4, 0.5) is 13.2 Å². The van der Waals surface area contributed by atoms with Crippen molar-refractivity contribution in [3.05, 3.63) is 65.5 Å². The van der Waals surface area contributed by atoms with Gasteiger partial charge in [-0.25, -0.2) is 13.2 Å². The second kappa shape index (κ2) is 5.65. The Morgan fingerprint density at radius 2 is 1.77 bits per heavy atom. The minimum atomic E-state index is -1.71. The Hall–Kier alpha value is -2.01. The second-order valence-electron chi connectivity index (χ2n) is 5.34. The van der Waals surface area contributed by atoms with Crippen LogP contribution in [0.2, 0.25) is 0 Å². The highest BCUT2D eigenvalue weighted by atomic mass is 19.2. The third-order valence-corrected chi connectivity index (χ3v) is 4.06. The van der Waals surface area contributed by atoms with Gasteiger partial charge in [-0.2, -0.15) is 0 Å². The summed E-state index contributed by atoms with van der Waals surface area (Å²) >= 11 is 0. The Morgan fingerprint density at radius 3 is 2.36 bits per heavy atom. The van der Waals surface area contributed by atoms with Crippen molar-refractivity contribution in [3.63, 3.8) is 0 Å². The van der Waals surface area contributed by atoms with Gasteiger partial charge in [-0.3, -0.25) is 0 Å². The van der Waals surface area contributed by atoms with E-state index < -0.39 is 23.7 Å². The molecule has 5 heteroatoms. The fraction of sp³-hybridized carbons (Fsp3) is 0.294. The van der Waals surface area contributed by atoms with Crippen LogP contribution in [0.5, 0.6) is 5.75 Å². The maximum absolute atomic E-state index is 13.8. The number of halogens is 3.